The zero-order valence-electron chi connectivity index (χ0n) is 12.1. The summed E-state index contributed by atoms with van der Waals surface area (Å²) < 4.78 is 0. The van der Waals surface area contributed by atoms with Crippen molar-refractivity contribution >= 4 is 5.91 Å². The van der Waals surface area contributed by atoms with E-state index in [4.69, 9.17) is 0 Å². The third-order valence-electron chi connectivity index (χ3n) is 3.10. The lowest BCUT2D eigenvalue weighted by Crippen LogP contribution is -2.36. The van der Waals surface area contributed by atoms with E-state index in [9.17, 15) is 4.79 Å². The van der Waals surface area contributed by atoms with Crippen LogP contribution in [0.2, 0.25) is 0 Å². The highest BCUT2D eigenvalue weighted by Crippen LogP contribution is 2.25. The zero-order valence-corrected chi connectivity index (χ0v) is 12.1. The Morgan fingerprint density at radius 1 is 1.12 bits per heavy atom. The van der Waals surface area contributed by atoms with Gasteiger partial charge in [-0.05, 0) is 23.7 Å². The van der Waals surface area contributed by atoms with Crippen LogP contribution in [0.4, 0.5) is 0 Å². The molecule has 0 fully saturated rings. The minimum atomic E-state index is 0.0497. The maximum Gasteiger partial charge on any atom is 0.223 e. The molecule has 0 aliphatic heterocycles. The summed E-state index contributed by atoms with van der Waals surface area (Å²) in [7, 11) is 0. The first-order valence-corrected chi connectivity index (χ1v) is 6.32. The Bertz CT molecular complexity index is 220. The highest BCUT2D eigenvalue weighted by Gasteiger charge is 2.26. The van der Waals surface area contributed by atoms with E-state index in [0.717, 1.165) is 19.4 Å². The van der Waals surface area contributed by atoms with Crippen LogP contribution in [0.15, 0.2) is 0 Å². The van der Waals surface area contributed by atoms with Gasteiger partial charge in [0.2, 0.25) is 5.91 Å². The molecule has 1 N–H and O–H groups in total. The molecule has 0 radical (unpaired) electrons. The Morgan fingerprint density at radius 3 is 2.00 bits per heavy atom. The van der Waals surface area contributed by atoms with Gasteiger partial charge in [0.15, 0.2) is 0 Å². The Balaban J connectivity index is 3.83. The molecule has 0 saturated carbocycles. The summed E-state index contributed by atoms with van der Waals surface area (Å²) in [6.45, 7) is 15.8. The molecule has 0 aliphatic rings. The molecule has 0 spiro atoms. The standard InChI is InChI=1S/C14H29NO/c1-11(14(5,6)7)12(16)15-10-8-9-13(2,3)4/h11H,8-10H2,1-7H3,(H,15,16)/t11-/m1/s1. The van der Waals surface area contributed by atoms with Gasteiger partial charge >= 0.3 is 0 Å². The van der Waals surface area contributed by atoms with E-state index in [1.807, 2.05) is 6.92 Å². The number of nitrogens with one attached hydrogen (secondary N) is 1. The van der Waals surface area contributed by atoms with Crippen molar-refractivity contribution in [3.63, 3.8) is 0 Å². The van der Waals surface area contributed by atoms with Crippen molar-refractivity contribution in [2.75, 3.05) is 6.54 Å². The molecular formula is C14H29NO. The van der Waals surface area contributed by atoms with Gasteiger partial charge in [0.1, 0.15) is 0 Å². The third kappa shape index (κ3) is 6.86. The maximum absolute atomic E-state index is 11.8. The first-order chi connectivity index (χ1) is 7.04. The molecule has 0 bridgehead atoms. The van der Waals surface area contributed by atoms with Crippen molar-refractivity contribution in [3.8, 4) is 0 Å². The molecule has 2 nitrogen and oxygen atoms in total. The minimum Gasteiger partial charge on any atom is -0.356 e. The monoisotopic (exact) mass is 227 g/mol. The maximum atomic E-state index is 11.8. The Kier molecular flexibility index (Phi) is 5.51. The molecule has 0 aliphatic carbocycles. The fourth-order valence-electron chi connectivity index (χ4n) is 1.38. The number of amides is 1. The average Bonchev–Trinajstić information content (AvgIpc) is 2.07. The highest BCUT2D eigenvalue weighted by molar-refractivity contribution is 5.78. The van der Waals surface area contributed by atoms with Crippen molar-refractivity contribution in [2.45, 2.75) is 61.3 Å². The zero-order chi connectivity index (χ0) is 13.0. The van der Waals surface area contributed by atoms with Gasteiger partial charge in [-0.2, -0.15) is 0 Å². The normalized spacial score (nSPS) is 14.7. The summed E-state index contributed by atoms with van der Waals surface area (Å²) in [5.41, 5.74) is 0.411. The van der Waals surface area contributed by atoms with E-state index in [1.165, 1.54) is 0 Å². The number of hydrogen-bond donors (Lipinski definition) is 1. The average molecular weight is 227 g/mol. The minimum absolute atomic E-state index is 0.0497. The largest absolute Gasteiger partial charge is 0.356 e. The van der Waals surface area contributed by atoms with Crippen LogP contribution in [0, 0.1) is 16.7 Å². The van der Waals surface area contributed by atoms with Gasteiger partial charge in [-0.15, -0.1) is 0 Å². The van der Waals surface area contributed by atoms with E-state index >= 15 is 0 Å². The van der Waals surface area contributed by atoms with Gasteiger partial charge in [-0.25, -0.2) is 0 Å². The SMILES string of the molecule is C[C@H](C(=O)NCCCC(C)(C)C)C(C)(C)C. The van der Waals surface area contributed by atoms with E-state index in [0.29, 0.717) is 5.41 Å². The topological polar surface area (TPSA) is 29.1 Å². The third-order valence-corrected chi connectivity index (χ3v) is 3.10. The van der Waals surface area contributed by atoms with Gasteiger partial charge < -0.3 is 5.32 Å². The van der Waals surface area contributed by atoms with Crippen LogP contribution in [0.5, 0.6) is 0 Å². The Labute approximate surface area is 101 Å². The molecule has 0 unspecified atom stereocenters. The number of carbonyl (C=O) groups excluding carboxylic acids is 1. The second kappa shape index (κ2) is 5.70. The van der Waals surface area contributed by atoms with Crippen LogP contribution in [0.1, 0.15) is 61.3 Å². The Hall–Kier alpha value is -0.530. The summed E-state index contributed by atoms with van der Waals surface area (Å²) in [5.74, 6) is 0.253. The van der Waals surface area contributed by atoms with E-state index in [2.05, 4.69) is 46.9 Å². The van der Waals surface area contributed by atoms with Crippen molar-refractivity contribution < 1.29 is 4.79 Å². The number of carbonyl (C=O) groups is 1. The van der Waals surface area contributed by atoms with Crippen molar-refractivity contribution in [3.05, 3.63) is 0 Å². The van der Waals surface area contributed by atoms with Crippen LogP contribution in [0.3, 0.4) is 0 Å². The van der Waals surface area contributed by atoms with Gasteiger partial charge in [0.05, 0.1) is 0 Å². The molecule has 96 valence electrons. The first-order valence-electron chi connectivity index (χ1n) is 6.32. The van der Waals surface area contributed by atoms with Crippen LogP contribution in [-0.2, 0) is 4.79 Å². The molecule has 16 heavy (non-hydrogen) atoms. The lowest BCUT2D eigenvalue weighted by atomic mass is 9.81. The van der Waals surface area contributed by atoms with Gasteiger partial charge in [-0.1, -0.05) is 48.5 Å². The molecule has 0 heterocycles. The molecule has 0 aromatic heterocycles. The molecule has 2 heteroatoms. The highest BCUT2D eigenvalue weighted by atomic mass is 16.1. The lowest BCUT2D eigenvalue weighted by Gasteiger charge is -2.26. The van der Waals surface area contributed by atoms with Crippen LogP contribution < -0.4 is 5.32 Å². The van der Waals surface area contributed by atoms with Crippen molar-refractivity contribution in [1.82, 2.24) is 5.32 Å². The quantitative estimate of drug-likeness (QED) is 0.730. The van der Waals surface area contributed by atoms with E-state index in [1.54, 1.807) is 0 Å². The molecule has 1 amide bonds. The summed E-state index contributed by atoms with van der Waals surface area (Å²) in [5, 5.41) is 3.02. The number of rotatable bonds is 4. The van der Waals surface area contributed by atoms with E-state index < -0.39 is 0 Å². The molecule has 0 rings (SSSR count). The second-order valence-corrected chi connectivity index (χ2v) is 7.04. The fraction of sp³-hybridized carbons (Fsp3) is 0.929. The first kappa shape index (κ1) is 15.5. The molecule has 0 aromatic rings. The van der Waals surface area contributed by atoms with Crippen LogP contribution >= 0.6 is 0 Å². The summed E-state index contributed by atoms with van der Waals surface area (Å²) in [4.78, 5) is 11.8. The molecule has 1 atom stereocenters. The van der Waals surface area contributed by atoms with Crippen LogP contribution in [-0.4, -0.2) is 12.5 Å². The van der Waals surface area contributed by atoms with Gasteiger partial charge in [-0.3, -0.25) is 4.79 Å². The fourth-order valence-corrected chi connectivity index (χ4v) is 1.38. The molecule has 0 saturated heterocycles. The van der Waals surface area contributed by atoms with Crippen molar-refractivity contribution in [1.29, 1.82) is 0 Å². The lowest BCUT2D eigenvalue weighted by molar-refractivity contribution is -0.127. The summed E-state index contributed by atoms with van der Waals surface area (Å²) in [6, 6.07) is 0. The summed E-state index contributed by atoms with van der Waals surface area (Å²) >= 11 is 0. The van der Waals surface area contributed by atoms with Crippen molar-refractivity contribution in [2.24, 2.45) is 16.7 Å². The second-order valence-electron chi connectivity index (χ2n) is 7.04. The molecule has 0 aromatic carbocycles. The predicted octanol–water partition coefficient (Wildman–Crippen LogP) is 3.61. The van der Waals surface area contributed by atoms with Gasteiger partial charge in [0.25, 0.3) is 0 Å². The number of hydrogen-bond acceptors (Lipinski definition) is 1. The smallest absolute Gasteiger partial charge is 0.223 e. The molecular weight excluding hydrogens is 198 g/mol. The van der Waals surface area contributed by atoms with Crippen LogP contribution in [0.25, 0.3) is 0 Å². The van der Waals surface area contributed by atoms with E-state index in [-0.39, 0.29) is 17.2 Å². The predicted molar refractivity (Wildman–Crippen MR) is 70.3 cm³/mol. The van der Waals surface area contributed by atoms with Gasteiger partial charge in [0, 0.05) is 12.5 Å². The Morgan fingerprint density at radius 2 is 1.62 bits per heavy atom. The summed E-state index contributed by atoms with van der Waals surface area (Å²) in [6.07, 6.45) is 2.21.